The van der Waals surface area contributed by atoms with Gasteiger partial charge in [-0.05, 0) is 31.5 Å². The van der Waals surface area contributed by atoms with Crippen LogP contribution in [-0.2, 0) is 6.18 Å². The maximum atomic E-state index is 12.5. The lowest BCUT2D eigenvalue weighted by Gasteiger charge is -2.20. The van der Waals surface area contributed by atoms with Crippen molar-refractivity contribution in [3.05, 3.63) is 40.2 Å². The van der Waals surface area contributed by atoms with Crippen molar-refractivity contribution in [2.24, 2.45) is 0 Å². The fraction of sp³-hybridized carbons (Fsp3) is 0.400. The van der Waals surface area contributed by atoms with Crippen molar-refractivity contribution in [2.75, 3.05) is 13.1 Å². The first kappa shape index (κ1) is 14.5. The van der Waals surface area contributed by atoms with Crippen molar-refractivity contribution in [1.29, 1.82) is 0 Å². The second-order valence-corrected chi connectivity index (χ2v) is 6.08. The minimum absolute atomic E-state index is 0.423. The molecule has 0 aliphatic carbocycles. The smallest absolute Gasteiger partial charge is 0.316 e. The van der Waals surface area contributed by atoms with Crippen LogP contribution in [0.3, 0.4) is 0 Å². The van der Waals surface area contributed by atoms with E-state index in [9.17, 15) is 13.2 Å². The van der Waals surface area contributed by atoms with Crippen molar-refractivity contribution >= 4 is 11.3 Å². The van der Waals surface area contributed by atoms with Gasteiger partial charge in [0.05, 0.1) is 16.3 Å². The molecule has 112 valence electrons. The van der Waals surface area contributed by atoms with Crippen LogP contribution in [0.1, 0.15) is 29.3 Å². The lowest BCUT2D eigenvalue weighted by Crippen LogP contribution is -2.28. The molecule has 1 fully saturated rings. The molecule has 1 aromatic carbocycles. The highest BCUT2D eigenvalue weighted by Crippen LogP contribution is 2.33. The standard InChI is InChI=1S/C15H15F3N2S/c16-15(17,18)12-5-3-10(4-6-12)13-9-21-14(20-13)11-2-1-7-19-8-11/h3-6,9,11,19H,1-2,7-8H2. The predicted molar refractivity (Wildman–Crippen MR) is 77.4 cm³/mol. The summed E-state index contributed by atoms with van der Waals surface area (Å²) < 4.78 is 37.6. The number of hydrogen-bond donors (Lipinski definition) is 1. The van der Waals surface area contributed by atoms with Crippen LogP contribution in [0.4, 0.5) is 13.2 Å². The molecule has 1 N–H and O–H groups in total. The zero-order chi connectivity index (χ0) is 14.9. The van der Waals surface area contributed by atoms with Gasteiger partial charge in [0.1, 0.15) is 0 Å². The first-order valence-electron chi connectivity index (χ1n) is 6.88. The Balaban J connectivity index is 1.79. The summed E-state index contributed by atoms with van der Waals surface area (Å²) in [7, 11) is 0. The number of alkyl halides is 3. The van der Waals surface area contributed by atoms with E-state index in [0.29, 0.717) is 5.92 Å². The first-order valence-corrected chi connectivity index (χ1v) is 7.76. The van der Waals surface area contributed by atoms with Gasteiger partial charge in [0.25, 0.3) is 0 Å². The van der Waals surface area contributed by atoms with E-state index in [-0.39, 0.29) is 0 Å². The van der Waals surface area contributed by atoms with E-state index in [1.807, 2.05) is 5.38 Å². The summed E-state index contributed by atoms with van der Waals surface area (Å²) in [6.07, 6.45) is -2.04. The largest absolute Gasteiger partial charge is 0.416 e. The Morgan fingerprint density at radius 3 is 2.57 bits per heavy atom. The van der Waals surface area contributed by atoms with Gasteiger partial charge >= 0.3 is 6.18 Å². The Morgan fingerprint density at radius 1 is 1.19 bits per heavy atom. The van der Waals surface area contributed by atoms with Gasteiger partial charge in [-0.15, -0.1) is 11.3 Å². The third-order valence-corrected chi connectivity index (χ3v) is 4.68. The number of piperidine rings is 1. The molecule has 2 heterocycles. The second kappa shape index (κ2) is 5.77. The van der Waals surface area contributed by atoms with Crippen LogP contribution >= 0.6 is 11.3 Å². The molecule has 3 rings (SSSR count). The minimum Gasteiger partial charge on any atom is -0.316 e. The van der Waals surface area contributed by atoms with Gasteiger partial charge in [0.15, 0.2) is 0 Å². The Morgan fingerprint density at radius 2 is 1.95 bits per heavy atom. The summed E-state index contributed by atoms with van der Waals surface area (Å²) in [6.45, 7) is 1.98. The number of halogens is 3. The third kappa shape index (κ3) is 3.27. The number of nitrogens with one attached hydrogen (secondary N) is 1. The van der Waals surface area contributed by atoms with Crippen LogP contribution in [0.5, 0.6) is 0 Å². The molecule has 1 aliphatic rings. The molecule has 0 spiro atoms. The fourth-order valence-corrected chi connectivity index (χ4v) is 3.47. The van der Waals surface area contributed by atoms with Gasteiger partial charge in [-0.1, -0.05) is 12.1 Å². The van der Waals surface area contributed by atoms with Crippen LogP contribution < -0.4 is 5.32 Å². The van der Waals surface area contributed by atoms with Crippen molar-refractivity contribution in [1.82, 2.24) is 10.3 Å². The molecule has 0 amide bonds. The monoisotopic (exact) mass is 312 g/mol. The second-order valence-electron chi connectivity index (χ2n) is 5.19. The number of aromatic nitrogens is 1. The Labute approximate surface area is 125 Å². The molecule has 1 saturated heterocycles. The summed E-state index contributed by atoms with van der Waals surface area (Å²) in [5.74, 6) is 0.423. The Kier molecular flexibility index (Phi) is 3.99. The van der Waals surface area contributed by atoms with E-state index < -0.39 is 11.7 Å². The van der Waals surface area contributed by atoms with E-state index in [1.165, 1.54) is 12.1 Å². The van der Waals surface area contributed by atoms with Crippen molar-refractivity contribution in [3.8, 4) is 11.3 Å². The van der Waals surface area contributed by atoms with Crippen LogP contribution in [0, 0.1) is 0 Å². The summed E-state index contributed by atoms with van der Waals surface area (Å²) in [5, 5.41) is 6.34. The summed E-state index contributed by atoms with van der Waals surface area (Å²) in [4.78, 5) is 4.59. The molecule has 0 bridgehead atoms. The first-order chi connectivity index (χ1) is 10.0. The maximum absolute atomic E-state index is 12.5. The van der Waals surface area contributed by atoms with Crippen molar-refractivity contribution in [2.45, 2.75) is 24.9 Å². The molecule has 1 aliphatic heterocycles. The number of benzene rings is 1. The van der Waals surface area contributed by atoms with Gasteiger partial charge in [0.2, 0.25) is 0 Å². The average Bonchev–Trinajstić information content (AvgIpc) is 2.97. The molecule has 0 radical (unpaired) electrons. The maximum Gasteiger partial charge on any atom is 0.416 e. The molecule has 1 atom stereocenters. The van der Waals surface area contributed by atoms with Crippen molar-refractivity contribution < 1.29 is 13.2 Å². The van der Waals surface area contributed by atoms with Gasteiger partial charge in [-0.25, -0.2) is 4.98 Å². The van der Waals surface area contributed by atoms with E-state index in [0.717, 1.165) is 54.3 Å². The minimum atomic E-state index is -4.29. The SMILES string of the molecule is FC(F)(F)c1ccc(-c2csc(C3CCCNC3)n2)cc1. The summed E-state index contributed by atoms with van der Waals surface area (Å²) in [6, 6.07) is 5.19. The zero-order valence-corrected chi connectivity index (χ0v) is 12.1. The zero-order valence-electron chi connectivity index (χ0n) is 11.3. The van der Waals surface area contributed by atoms with Gasteiger partial charge < -0.3 is 5.32 Å². The molecule has 6 heteroatoms. The molecular formula is C15H15F3N2S. The number of rotatable bonds is 2. The molecule has 21 heavy (non-hydrogen) atoms. The molecule has 1 aromatic heterocycles. The molecule has 2 nitrogen and oxygen atoms in total. The molecule has 0 saturated carbocycles. The predicted octanol–water partition coefficient (Wildman–Crippen LogP) is 4.30. The van der Waals surface area contributed by atoms with E-state index >= 15 is 0 Å². The number of thiazole rings is 1. The van der Waals surface area contributed by atoms with Gasteiger partial charge in [0, 0.05) is 23.4 Å². The van der Waals surface area contributed by atoms with Crippen LogP contribution in [-0.4, -0.2) is 18.1 Å². The highest BCUT2D eigenvalue weighted by Gasteiger charge is 2.30. The van der Waals surface area contributed by atoms with Gasteiger partial charge in [-0.3, -0.25) is 0 Å². The average molecular weight is 312 g/mol. The quantitative estimate of drug-likeness (QED) is 0.894. The molecule has 1 unspecified atom stereocenters. The Bertz CT molecular complexity index is 598. The number of nitrogens with zero attached hydrogens (tertiary/aromatic N) is 1. The van der Waals surface area contributed by atoms with E-state index in [2.05, 4.69) is 10.3 Å². The summed E-state index contributed by atoms with van der Waals surface area (Å²) in [5.41, 5.74) is 0.863. The Hall–Kier alpha value is -1.40. The van der Waals surface area contributed by atoms with Crippen LogP contribution in [0.15, 0.2) is 29.6 Å². The van der Waals surface area contributed by atoms with Gasteiger partial charge in [-0.2, -0.15) is 13.2 Å². The lowest BCUT2D eigenvalue weighted by atomic mass is 10.0. The highest BCUT2D eigenvalue weighted by molar-refractivity contribution is 7.10. The number of hydrogen-bond acceptors (Lipinski definition) is 3. The third-order valence-electron chi connectivity index (χ3n) is 3.68. The molecule has 2 aromatic rings. The van der Waals surface area contributed by atoms with Crippen LogP contribution in [0.25, 0.3) is 11.3 Å². The summed E-state index contributed by atoms with van der Waals surface area (Å²) >= 11 is 1.59. The van der Waals surface area contributed by atoms with Crippen LogP contribution in [0.2, 0.25) is 0 Å². The topological polar surface area (TPSA) is 24.9 Å². The normalized spacial score (nSPS) is 19.7. The van der Waals surface area contributed by atoms with E-state index in [1.54, 1.807) is 11.3 Å². The lowest BCUT2D eigenvalue weighted by molar-refractivity contribution is -0.137. The molecular weight excluding hydrogens is 297 g/mol. The fourth-order valence-electron chi connectivity index (χ4n) is 2.50. The van der Waals surface area contributed by atoms with Crippen molar-refractivity contribution in [3.63, 3.8) is 0 Å². The van der Waals surface area contributed by atoms with E-state index in [4.69, 9.17) is 0 Å². The highest BCUT2D eigenvalue weighted by atomic mass is 32.1.